The molecule has 0 bridgehead atoms. The van der Waals surface area contributed by atoms with Crippen LogP contribution in [-0.2, 0) is 4.79 Å². The number of carboxylic acid groups (broad SMARTS) is 1. The predicted octanol–water partition coefficient (Wildman–Crippen LogP) is 2.15. The third kappa shape index (κ3) is 3.81. The maximum Gasteiger partial charge on any atom is 0.328 e. The number of aryl methyl sites for hydroxylation is 1. The lowest BCUT2D eigenvalue weighted by atomic mass is 10.2. The first kappa shape index (κ1) is 11.2. The summed E-state index contributed by atoms with van der Waals surface area (Å²) in [6, 6.07) is 4.37. The fraction of sp³-hybridized carbons (Fsp3) is 0.182. The van der Waals surface area contributed by atoms with Crippen molar-refractivity contribution in [1.82, 2.24) is 0 Å². The van der Waals surface area contributed by atoms with Gasteiger partial charge in [0.25, 0.3) is 0 Å². The number of hydrogen-bond acceptors (Lipinski definition) is 2. The fourth-order valence-electron chi connectivity index (χ4n) is 1.00. The number of carbonyl (C=O) groups is 1. The summed E-state index contributed by atoms with van der Waals surface area (Å²) in [6.45, 7) is 1.78. The van der Waals surface area contributed by atoms with Crippen LogP contribution in [0.4, 0.5) is 4.39 Å². The highest BCUT2D eigenvalue weighted by atomic mass is 19.1. The maximum atomic E-state index is 12.8. The molecule has 0 amide bonds. The van der Waals surface area contributed by atoms with Crippen molar-refractivity contribution in [3.63, 3.8) is 0 Å². The van der Waals surface area contributed by atoms with E-state index in [2.05, 4.69) is 0 Å². The van der Waals surface area contributed by atoms with Gasteiger partial charge in [0, 0.05) is 6.08 Å². The van der Waals surface area contributed by atoms with Gasteiger partial charge >= 0.3 is 5.97 Å². The highest BCUT2D eigenvalue weighted by Crippen LogP contribution is 2.15. The first-order chi connectivity index (χ1) is 7.09. The van der Waals surface area contributed by atoms with Crippen LogP contribution < -0.4 is 4.74 Å². The summed E-state index contributed by atoms with van der Waals surface area (Å²) in [7, 11) is 0. The molecule has 0 heterocycles. The molecule has 0 saturated carbocycles. The van der Waals surface area contributed by atoms with E-state index in [0.29, 0.717) is 11.3 Å². The van der Waals surface area contributed by atoms with E-state index in [9.17, 15) is 9.18 Å². The second-order valence-corrected chi connectivity index (χ2v) is 2.96. The van der Waals surface area contributed by atoms with Crippen LogP contribution in [0.25, 0.3) is 0 Å². The molecule has 3 nitrogen and oxygen atoms in total. The molecule has 4 heteroatoms. The average Bonchev–Trinajstić information content (AvgIpc) is 2.18. The second kappa shape index (κ2) is 5.14. The van der Waals surface area contributed by atoms with Gasteiger partial charge in [0.2, 0.25) is 0 Å². The minimum atomic E-state index is -1.02. The van der Waals surface area contributed by atoms with Crippen molar-refractivity contribution in [2.24, 2.45) is 0 Å². The Morgan fingerprint density at radius 3 is 2.93 bits per heavy atom. The second-order valence-electron chi connectivity index (χ2n) is 2.96. The van der Waals surface area contributed by atoms with E-state index < -0.39 is 5.97 Å². The summed E-state index contributed by atoms with van der Waals surface area (Å²) >= 11 is 0. The van der Waals surface area contributed by atoms with E-state index in [1.54, 1.807) is 13.0 Å². The topological polar surface area (TPSA) is 46.5 Å². The van der Waals surface area contributed by atoms with Gasteiger partial charge in [-0.2, -0.15) is 0 Å². The van der Waals surface area contributed by atoms with Crippen LogP contribution in [0.3, 0.4) is 0 Å². The molecule has 0 radical (unpaired) electrons. The fourth-order valence-corrected chi connectivity index (χ4v) is 1.00. The third-order valence-electron chi connectivity index (χ3n) is 1.74. The van der Waals surface area contributed by atoms with Crippen LogP contribution in [0.15, 0.2) is 30.4 Å². The number of benzene rings is 1. The van der Waals surface area contributed by atoms with Crippen LogP contribution in [0, 0.1) is 12.7 Å². The van der Waals surface area contributed by atoms with Crippen LogP contribution in [0.5, 0.6) is 5.75 Å². The molecule has 0 unspecified atom stereocenters. The van der Waals surface area contributed by atoms with E-state index >= 15 is 0 Å². The molecule has 0 aliphatic rings. The lowest BCUT2D eigenvalue weighted by Gasteiger charge is -2.04. The van der Waals surface area contributed by atoms with Crippen LogP contribution in [0.2, 0.25) is 0 Å². The molecule has 0 aliphatic heterocycles. The molecule has 1 N–H and O–H groups in total. The monoisotopic (exact) mass is 210 g/mol. The van der Waals surface area contributed by atoms with Gasteiger partial charge in [0.05, 0.1) is 0 Å². The molecule has 0 aromatic heterocycles. The molecule has 0 spiro atoms. The highest BCUT2D eigenvalue weighted by molar-refractivity contribution is 5.79. The van der Waals surface area contributed by atoms with E-state index in [1.807, 2.05) is 0 Å². The Morgan fingerprint density at radius 1 is 1.60 bits per heavy atom. The summed E-state index contributed by atoms with van der Waals surface area (Å²) in [6.07, 6.45) is 2.37. The van der Waals surface area contributed by atoms with Crippen molar-refractivity contribution in [1.29, 1.82) is 0 Å². The molecule has 0 atom stereocenters. The number of hydrogen-bond donors (Lipinski definition) is 1. The van der Waals surface area contributed by atoms with E-state index in [-0.39, 0.29) is 12.4 Å². The third-order valence-corrected chi connectivity index (χ3v) is 1.74. The molecule has 15 heavy (non-hydrogen) atoms. The average molecular weight is 210 g/mol. The Bertz CT molecular complexity index is 385. The SMILES string of the molecule is Cc1cc(OC/C=C/C(=O)O)ccc1F. The van der Waals surface area contributed by atoms with Crippen LogP contribution in [0.1, 0.15) is 5.56 Å². The van der Waals surface area contributed by atoms with Crippen molar-refractivity contribution < 1.29 is 19.0 Å². The Labute approximate surface area is 86.8 Å². The number of ether oxygens (including phenoxy) is 1. The number of rotatable bonds is 4. The molecule has 1 rings (SSSR count). The lowest BCUT2D eigenvalue weighted by molar-refractivity contribution is -0.131. The van der Waals surface area contributed by atoms with Crippen molar-refractivity contribution in [2.75, 3.05) is 6.61 Å². The molecule has 0 aliphatic carbocycles. The highest BCUT2D eigenvalue weighted by Gasteiger charge is 1.98. The normalized spacial score (nSPS) is 10.5. The first-order valence-electron chi connectivity index (χ1n) is 4.38. The number of carboxylic acids is 1. The summed E-state index contributed by atoms with van der Waals surface area (Å²) in [5.74, 6) is -0.791. The summed E-state index contributed by atoms with van der Waals surface area (Å²) in [5, 5.41) is 8.30. The smallest absolute Gasteiger partial charge is 0.328 e. The van der Waals surface area contributed by atoms with Crippen LogP contribution in [-0.4, -0.2) is 17.7 Å². The summed E-state index contributed by atoms with van der Waals surface area (Å²) < 4.78 is 18.0. The van der Waals surface area contributed by atoms with Gasteiger partial charge in [0.15, 0.2) is 0 Å². The zero-order valence-electron chi connectivity index (χ0n) is 8.24. The van der Waals surface area contributed by atoms with E-state index in [1.165, 1.54) is 18.2 Å². The zero-order chi connectivity index (χ0) is 11.3. The van der Waals surface area contributed by atoms with Gasteiger partial charge in [-0.15, -0.1) is 0 Å². The van der Waals surface area contributed by atoms with Gasteiger partial charge in [-0.3, -0.25) is 0 Å². The Hall–Kier alpha value is -1.84. The minimum absolute atomic E-state index is 0.150. The van der Waals surface area contributed by atoms with Gasteiger partial charge < -0.3 is 9.84 Å². The summed E-state index contributed by atoms with van der Waals surface area (Å²) in [4.78, 5) is 10.1. The minimum Gasteiger partial charge on any atom is -0.490 e. The van der Waals surface area contributed by atoms with Crippen molar-refractivity contribution in [3.05, 3.63) is 41.7 Å². The Morgan fingerprint density at radius 2 is 2.33 bits per heavy atom. The lowest BCUT2D eigenvalue weighted by Crippen LogP contribution is -1.96. The summed E-state index contributed by atoms with van der Waals surface area (Å²) in [5.41, 5.74) is 0.495. The molecule has 80 valence electrons. The van der Waals surface area contributed by atoms with Crippen LogP contribution >= 0.6 is 0 Å². The Balaban J connectivity index is 2.51. The van der Waals surface area contributed by atoms with Gasteiger partial charge in [-0.05, 0) is 36.8 Å². The molecule has 1 aromatic rings. The van der Waals surface area contributed by atoms with Gasteiger partial charge in [-0.1, -0.05) is 0 Å². The maximum absolute atomic E-state index is 12.8. The molecule has 0 fully saturated rings. The standard InChI is InChI=1S/C11H11FO3/c1-8-7-9(4-5-10(8)12)15-6-2-3-11(13)14/h2-5,7H,6H2,1H3,(H,13,14)/b3-2+. The number of aliphatic carboxylic acids is 1. The van der Waals surface area contributed by atoms with Gasteiger partial charge in [0.1, 0.15) is 18.2 Å². The van der Waals surface area contributed by atoms with Gasteiger partial charge in [-0.25, -0.2) is 9.18 Å². The molecule has 0 saturated heterocycles. The van der Waals surface area contributed by atoms with Crippen molar-refractivity contribution in [2.45, 2.75) is 6.92 Å². The van der Waals surface area contributed by atoms with Crippen molar-refractivity contribution >= 4 is 5.97 Å². The predicted molar refractivity (Wildman–Crippen MR) is 53.4 cm³/mol. The molecule has 1 aromatic carbocycles. The van der Waals surface area contributed by atoms with Crippen molar-refractivity contribution in [3.8, 4) is 5.75 Å². The molecular formula is C11H11FO3. The quantitative estimate of drug-likeness (QED) is 0.774. The molecular weight excluding hydrogens is 199 g/mol. The Kier molecular flexibility index (Phi) is 3.85. The number of halogens is 1. The first-order valence-corrected chi connectivity index (χ1v) is 4.38. The van der Waals surface area contributed by atoms with E-state index in [0.717, 1.165) is 6.08 Å². The zero-order valence-corrected chi connectivity index (χ0v) is 8.24. The largest absolute Gasteiger partial charge is 0.490 e. The van der Waals surface area contributed by atoms with E-state index in [4.69, 9.17) is 9.84 Å².